The molecule has 1 aliphatic carbocycles. The van der Waals surface area contributed by atoms with Crippen LogP contribution in [0.3, 0.4) is 0 Å². The smallest absolute Gasteiger partial charge is 0.163 e. The van der Waals surface area contributed by atoms with Gasteiger partial charge in [-0.05, 0) is 24.7 Å². The largest absolute Gasteiger partial charge is 0.486 e. The van der Waals surface area contributed by atoms with Crippen molar-refractivity contribution in [3.8, 4) is 11.5 Å². The molecule has 3 rings (SSSR count). The number of benzene rings is 1. The Hall–Kier alpha value is -1.09. The highest BCUT2D eigenvalue weighted by atomic mass is 35.5. The Balaban J connectivity index is 1.65. The first kappa shape index (κ1) is 13.9. The summed E-state index contributed by atoms with van der Waals surface area (Å²) >= 11 is 6.31. The summed E-state index contributed by atoms with van der Waals surface area (Å²) in [5.41, 5.74) is 0.953. The Kier molecular flexibility index (Phi) is 4.25. The number of fused-ring (bicyclic) bond motifs is 1. The van der Waals surface area contributed by atoms with Crippen molar-refractivity contribution < 1.29 is 9.47 Å². The molecule has 110 valence electrons. The zero-order valence-corrected chi connectivity index (χ0v) is 12.7. The fourth-order valence-electron chi connectivity index (χ4n) is 3.20. The number of ether oxygens (including phenoxy) is 2. The van der Waals surface area contributed by atoms with E-state index in [0.29, 0.717) is 18.2 Å². The summed E-state index contributed by atoms with van der Waals surface area (Å²) in [6.07, 6.45) is 5.36. The van der Waals surface area contributed by atoms with Gasteiger partial charge in [-0.3, -0.25) is 0 Å². The van der Waals surface area contributed by atoms with E-state index in [9.17, 15) is 0 Å². The van der Waals surface area contributed by atoms with Gasteiger partial charge >= 0.3 is 0 Å². The maximum atomic E-state index is 6.31. The Morgan fingerprint density at radius 1 is 1.20 bits per heavy atom. The highest BCUT2D eigenvalue weighted by molar-refractivity contribution is 6.33. The van der Waals surface area contributed by atoms with Gasteiger partial charge < -0.3 is 14.8 Å². The average molecular weight is 296 g/mol. The van der Waals surface area contributed by atoms with Crippen LogP contribution in [0.1, 0.15) is 32.6 Å². The second-order valence-corrected chi connectivity index (χ2v) is 6.40. The number of rotatable bonds is 3. The first-order valence-electron chi connectivity index (χ1n) is 7.55. The number of hydrogen-bond donors (Lipinski definition) is 1. The molecule has 1 aliphatic heterocycles. The van der Waals surface area contributed by atoms with Gasteiger partial charge in [0.25, 0.3) is 0 Å². The molecule has 0 bridgehead atoms. The van der Waals surface area contributed by atoms with Crippen LogP contribution in [-0.2, 0) is 0 Å². The van der Waals surface area contributed by atoms with Crippen LogP contribution in [0.4, 0.5) is 5.69 Å². The summed E-state index contributed by atoms with van der Waals surface area (Å²) in [5.74, 6) is 3.15. The van der Waals surface area contributed by atoms with Gasteiger partial charge in [-0.1, -0.05) is 31.4 Å². The van der Waals surface area contributed by atoms with Crippen LogP contribution in [0, 0.1) is 11.8 Å². The maximum Gasteiger partial charge on any atom is 0.163 e. The average Bonchev–Trinajstić information content (AvgIpc) is 2.45. The first-order valence-corrected chi connectivity index (χ1v) is 7.93. The van der Waals surface area contributed by atoms with Crippen molar-refractivity contribution >= 4 is 17.3 Å². The minimum Gasteiger partial charge on any atom is -0.486 e. The molecule has 2 aliphatic rings. The fraction of sp³-hybridized carbons (Fsp3) is 0.625. The van der Waals surface area contributed by atoms with Crippen molar-refractivity contribution in [2.24, 2.45) is 11.8 Å². The standard InChI is InChI=1S/C16H22ClNO2/c1-11-3-2-4-12(7-11)10-18-14-9-16-15(8-13(14)17)19-5-6-20-16/h8-9,11-12,18H,2-7,10H2,1H3. The normalized spacial score (nSPS) is 25.3. The van der Waals surface area contributed by atoms with Gasteiger partial charge in [0.05, 0.1) is 10.7 Å². The summed E-state index contributed by atoms with van der Waals surface area (Å²) in [6, 6.07) is 3.81. The van der Waals surface area contributed by atoms with Gasteiger partial charge in [-0.15, -0.1) is 0 Å². The second-order valence-electron chi connectivity index (χ2n) is 5.99. The van der Waals surface area contributed by atoms with Gasteiger partial charge in [-0.25, -0.2) is 0 Å². The van der Waals surface area contributed by atoms with Crippen molar-refractivity contribution in [2.75, 3.05) is 25.1 Å². The molecular weight excluding hydrogens is 274 g/mol. The third-order valence-corrected chi connectivity index (χ3v) is 4.57. The topological polar surface area (TPSA) is 30.5 Å². The zero-order valence-electron chi connectivity index (χ0n) is 12.0. The molecule has 1 heterocycles. The van der Waals surface area contributed by atoms with E-state index in [1.54, 1.807) is 0 Å². The van der Waals surface area contributed by atoms with Gasteiger partial charge in [0.15, 0.2) is 11.5 Å². The molecule has 0 radical (unpaired) electrons. The predicted molar refractivity (Wildman–Crippen MR) is 82.1 cm³/mol. The van der Waals surface area contributed by atoms with Crippen LogP contribution in [0.5, 0.6) is 11.5 Å². The molecule has 1 saturated carbocycles. The van der Waals surface area contributed by atoms with Crippen LogP contribution < -0.4 is 14.8 Å². The molecule has 4 heteroatoms. The highest BCUT2D eigenvalue weighted by Crippen LogP contribution is 2.38. The lowest BCUT2D eigenvalue weighted by atomic mass is 9.82. The molecule has 0 amide bonds. The highest BCUT2D eigenvalue weighted by Gasteiger charge is 2.20. The van der Waals surface area contributed by atoms with Crippen molar-refractivity contribution in [1.82, 2.24) is 0 Å². The van der Waals surface area contributed by atoms with Gasteiger partial charge in [-0.2, -0.15) is 0 Å². The van der Waals surface area contributed by atoms with Crippen molar-refractivity contribution in [3.05, 3.63) is 17.2 Å². The summed E-state index contributed by atoms with van der Waals surface area (Å²) in [7, 11) is 0. The molecule has 0 saturated heterocycles. The predicted octanol–water partition coefficient (Wildman–Crippen LogP) is 4.35. The number of nitrogens with one attached hydrogen (secondary N) is 1. The Morgan fingerprint density at radius 3 is 2.70 bits per heavy atom. The van der Waals surface area contributed by atoms with E-state index in [-0.39, 0.29) is 0 Å². The van der Waals surface area contributed by atoms with Crippen molar-refractivity contribution in [3.63, 3.8) is 0 Å². The number of anilines is 1. The molecule has 1 N–H and O–H groups in total. The Bertz CT molecular complexity index is 478. The SMILES string of the molecule is CC1CCCC(CNc2cc3c(cc2Cl)OCCO3)C1. The monoisotopic (exact) mass is 295 g/mol. The van der Waals surface area contributed by atoms with E-state index in [4.69, 9.17) is 21.1 Å². The zero-order chi connectivity index (χ0) is 13.9. The minimum atomic E-state index is 0.593. The first-order chi connectivity index (χ1) is 9.72. The molecule has 1 aromatic carbocycles. The summed E-state index contributed by atoms with van der Waals surface area (Å²) in [5, 5.41) is 4.19. The summed E-state index contributed by atoms with van der Waals surface area (Å²) in [6.45, 7) is 4.54. The van der Waals surface area contributed by atoms with E-state index >= 15 is 0 Å². The molecule has 0 aromatic heterocycles. The van der Waals surface area contributed by atoms with E-state index in [2.05, 4.69) is 12.2 Å². The molecular formula is C16H22ClNO2. The minimum absolute atomic E-state index is 0.593. The molecule has 1 fully saturated rings. The maximum absolute atomic E-state index is 6.31. The third kappa shape index (κ3) is 3.14. The van der Waals surface area contributed by atoms with Gasteiger partial charge in [0.1, 0.15) is 13.2 Å². The molecule has 20 heavy (non-hydrogen) atoms. The lowest BCUT2D eigenvalue weighted by Gasteiger charge is -2.27. The van der Waals surface area contributed by atoms with E-state index in [1.165, 1.54) is 25.7 Å². The van der Waals surface area contributed by atoms with E-state index in [1.807, 2.05) is 12.1 Å². The van der Waals surface area contributed by atoms with Crippen LogP contribution >= 0.6 is 11.6 Å². The van der Waals surface area contributed by atoms with Crippen LogP contribution in [0.2, 0.25) is 5.02 Å². The molecule has 2 atom stereocenters. The van der Waals surface area contributed by atoms with Crippen molar-refractivity contribution in [2.45, 2.75) is 32.6 Å². The number of hydrogen-bond acceptors (Lipinski definition) is 3. The summed E-state index contributed by atoms with van der Waals surface area (Å²) in [4.78, 5) is 0. The second kappa shape index (κ2) is 6.13. The quantitative estimate of drug-likeness (QED) is 0.899. The molecule has 2 unspecified atom stereocenters. The lowest BCUT2D eigenvalue weighted by molar-refractivity contribution is 0.171. The third-order valence-electron chi connectivity index (χ3n) is 4.26. The number of halogens is 1. The van der Waals surface area contributed by atoms with E-state index in [0.717, 1.165) is 35.6 Å². The molecule has 3 nitrogen and oxygen atoms in total. The Labute approximate surface area is 125 Å². The summed E-state index contributed by atoms with van der Waals surface area (Å²) < 4.78 is 11.1. The molecule has 1 aromatic rings. The molecule has 0 spiro atoms. The van der Waals surface area contributed by atoms with E-state index < -0.39 is 0 Å². The van der Waals surface area contributed by atoms with Gasteiger partial charge in [0.2, 0.25) is 0 Å². The van der Waals surface area contributed by atoms with Crippen LogP contribution in [-0.4, -0.2) is 19.8 Å². The van der Waals surface area contributed by atoms with Crippen LogP contribution in [0.25, 0.3) is 0 Å². The lowest BCUT2D eigenvalue weighted by Crippen LogP contribution is -2.21. The van der Waals surface area contributed by atoms with Gasteiger partial charge in [0, 0.05) is 18.7 Å². The van der Waals surface area contributed by atoms with Crippen molar-refractivity contribution in [1.29, 1.82) is 0 Å². The van der Waals surface area contributed by atoms with Crippen LogP contribution in [0.15, 0.2) is 12.1 Å². The Morgan fingerprint density at radius 2 is 1.95 bits per heavy atom. The fourth-order valence-corrected chi connectivity index (χ4v) is 3.42.